The van der Waals surface area contributed by atoms with Crippen molar-refractivity contribution in [2.24, 2.45) is 0 Å². The molecule has 8 nitrogen and oxygen atoms in total. The van der Waals surface area contributed by atoms with Crippen molar-refractivity contribution in [1.82, 2.24) is 14.8 Å². The van der Waals surface area contributed by atoms with E-state index in [0.717, 1.165) is 17.1 Å². The highest BCUT2D eigenvalue weighted by Gasteiger charge is 2.21. The van der Waals surface area contributed by atoms with Gasteiger partial charge in [-0.25, -0.2) is 0 Å². The number of anilines is 1. The Kier molecular flexibility index (Phi) is 6.65. The maximum atomic E-state index is 12.8. The molecular weight excluding hydrogens is 428 g/mol. The lowest BCUT2D eigenvalue weighted by Crippen LogP contribution is -2.23. The van der Waals surface area contributed by atoms with Crippen LogP contribution in [0.25, 0.3) is 0 Å². The first-order chi connectivity index (χ1) is 15.6. The molecule has 2 heterocycles. The van der Waals surface area contributed by atoms with Gasteiger partial charge in [-0.3, -0.25) is 4.79 Å². The van der Waals surface area contributed by atoms with Crippen LogP contribution in [0.3, 0.4) is 0 Å². The van der Waals surface area contributed by atoms with E-state index in [9.17, 15) is 4.79 Å². The van der Waals surface area contributed by atoms with E-state index in [1.165, 1.54) is 11.8 Å². The van der Waals surface area contributed by atoms with Crippen molar-refractivity contribution < 1.29 is 19.0 Å². The predicted octanol–water partition coefficient (Wildman–Crippen LogP) is 3.91. The van der Waals surface area contributed by atoms with Gasteiger partial charge in [0, 0.05) is 24.7 Å². The predicted molar refractivity (Wildman–Crippen MR) is 123 cm³/mol. The molecule has 0 unspecified atom stereocenters. The number of aromatic nitrogens is 3. The normalized spacial score (nSPS) is 12.9. The van der Waals surface area contributed by atoms with Crippen LogP contribution >= 0.6 is 11.8 Å². The van der Waals surface area contributed by atoms with E-state index in [1.807, 2.05) is 35.8 Å². The van der Waals surface area contributed by atoms with Gasteiger partial charge in [0.05, 0.1) is 12.4 Å². The number of carbonyl (C=O) groups excluding carboxylic acids is 1. The minimum absolute atomic E-state index is 0.140. The molecule has 1 N–H and O–H groups in total. The summed E-state index contributed by atoms with van der Waals surface area (Å²) >= 11 is 1.35. The molecule has 0 radical (unpaired) electrons. The number of hydrogen-bond acceptors (Lipinski definition) is 7. The fourth-order valence-electron chi connectivity index (χ4n) is 3.21. The number of hydrogen-bond donors (Lipinski definition) is 1. The highest BCUT2D eigenvalue weighted by Crippen LogP contribution is 2.34. The second-order valence-corrected chi connectivity index (χ2v) is 8.45. The number of ether oxygens (including phenoxy) is 3. The number of allylic oxidation sites excluding steroid dienone is 1. The number of nitrogens with zero attached hydrogens (tertiary/aromatic N) is 3. The fraction of sp³-hybridized carbons (Fsp3) is 0.261. The molecular formula is C23H24N4O4S. The summed E-state index contributed by atoms with van der Waals surface area (Å²) in [6, 6.07) is 13.2. The summed E-state index contributed by atoms with van der Waals surface area (Å²) < 4.78 is 17.9. The van der Waals surface area contributed by atoms with Gasteiger partial charge in [-0.05, 0) is 36.8 Å². The van der Waals surface area contributed by atoms with Crippen molar-refractivity contribution in [2.75, 3.05) is 19.2 Å². The number of thioether (sulfide) groups is 1. The zero-order valence-corrected chi connectivity index (χ0v) is 18.7. The lowest BCUT2D eigenvalue weighted by atomic mass is 10.1. The zero-order valence-electron chi connectivity index (χ0n) is 17.9. The summed E-state index contributed by atoms with van der Waals surface area (Å²) in [5.74, 6) is 2.77. The van der Waals surface area contributed by atoms with E-state index in [2.05, 4.69) is 22.1 Å². The molecule has 1 aliphatic heterocycles. The van der Waals surface area contributed by atoms with Gasteiger partial charge in [0.25, 0.3) is 0 Å². The summed E-state index contributed by atoms with van der Waals surface area (Å²) in [6.45, 7) is 6.42. The monoisotopic (exact) mass is 452 g/mol. The number of nitrogens with one attached hydrogen (secondary N) is 1. The van der Waals surface area contributed by atoms with Crippen LogP contribution in [-0.4, -0.2) is 39.8 Å². The van der Waals surface area contributed by atoms with E-state index in [-0.39, 0.29) is 18.0 Å². The van der Waals surface area contributed by atoms with Crippen molar-refractivity contribution in [2.45, 2.75) is 30.3 Å². The first kappa shape index (κ1) is 21.8. The van der Waals surface area contributed by atoms with E-state index in [0.29, 0.717) is 35.3 Å². The molecule has 1 amide bonds. The molecule has 0 saturated carbocycles. The third-order valence-corrected chi connectivity index (χ3v) is 6.00. The Balaban J connectivity index is 1.44. The molecule has 0 fully saturated rings. The van der Waals surface area contributed by atoms with Crippen LogP contribution in [0.1, 0.15) is 18.3 Å². The Labute approximate surface area is 190 Å². The van der Waals surface area contributed by atoms with Gasteiger partial charge in [0.15, 0.2) is 16.7 Å². The summed E-state index contributed by atoms with van der Waals surface area (Å²) in [7, 11) is 1.64. The SMILES string of the molecule is C=CCn1c(Cc2ccc(OC)cc2)nnc1S[C@H](C)C(=O)Nc1ccc2c(c1)OCO2. The molecule has 1 atom stereocenters. The van der Waals surface area contributed by atoms with Crippen molar-refractivity contribution in [1.29, 1.82) is 0 Å². The minimum atomic E-state index is -0.387. The van der Waals surface area contributed by atoms with E-state index in [1.54, 1.807) is 31.4 Å². The molecule has 2 aromatic carbocycles. The smallest absolute Gasteiger partial charge is 0.237 e. The second kappa shape index (κ2) is 9.78. The number of amides is 1. The van der Waals surface area contributed by atoms with E-state index in [4.69, 9.17) is 14.2 Å². The van der Waals surface area contributed by atoms with Gasteiger partial charge in [-0.2, -0.15) is 0 Å². The fourth-order valence-corrected chi connectivity index (χ4v) is 4.08. The van der Waals surface area contributed by atoms with Gasteiger partial charge >= 0.3 is 0 Å². The largest absolute Gasteiger partial charge is 0.497 e. The Morgan fingerprint density at radius 3 is 2.78 bits per heavy atom. The third-order valence-electron chi connectivity index (χ3n) is 4.92. The summed E-state index contributed by atoms with van der Waals surface area (Å²) in [5.41, 5.74) is 1.74. The molecule has 166 valence electrons. The average Bonchev–Trinajstić information content (AvgIpc) is 3.41. The van der Waals surface area contributed by atoms with Crippen LogP contribution < -0.4 is 19.5 Å². The molecule has 1 aliphatic rings. The first-order valence-corrected chi connectivity index (χ1v) is 11.0. The van der Waals surface area contributed by atoms with Gasteiger partial charge in [0.1, 0.15) is 11.6 Å². The van der Waals surface area contributed by atoms with Crippen molar-refractivity contribution >= 4 is 23.4 Å². The molecule has 32 heavy (non-hydrogen) atoms. The van der Waals surface area contributed by atoms with E-state index >= 15 is 0 Å². The van der Waals surface area contributed by atoms with Crippen LogP contribution in [0, 0.1) is 0 Å². The lowest BCUT2D eigenvalue weighted by Gasteiger charge is -2.13. The summed E-state index contributed by atoms with van der Waals surface area (Å²) in [5, 5.41) is 11.9. The molecule has 9 heteroatoms. The lowest BCUT2D eigenvalue weighted by molar-refractivity contribution is -0.115. The average molecular weight is 453 g/mol. The third kappa shape index (κ3) is 4.88. The summed E-state index contributed by atoms with van der Waals surface area (Å²) in [4.78, 5) is 12.8. The van der Waals surface area contributed by atoms with Gasteiger partial charge in [-0.1, -0.05) is 30.0 Å². The molecule has 4 rings (SSSR count). The molecule has 1 aromatic heterocycles. The maximum Gasteiger partial charge on any atom is 0.237 e. The van der Waals surface area contributed by atoms with E-state index < -0.39 is 0 Å². The second-order valence-electron chi connectivity index (χ2n) is 7.14. The van der Waals surface area contributed by atoms with Crippen molar-refractivity contribution in [3.63, 3.8) is 0 Å². The highest BCUT2D eigenvalue weighted by atomic mass is 32.2. The first-order valence-electron chi connectivity index (χ1n) is 10.1. The number of rotatable bonds is 9. The number of carbonyl (C=O) groups is 1. The van der Waals surface area contributed by atoms with Crippen LogP contribution in [0.15, 0.2) is 60.3 Å². The number of methoxy groups -OCH3 is 1. The van der Waals surface area contributed by atoms with Crippen LogP contribution in [0.5, 0.6) is 17.2 Å². The van der Waals surface area contributed by atoms with Gasteiger partial charge < -0.3 is 24.1 Å². The molecule has 0 saturated heterocycles. The Bertz CT molecular complexity index is 1110. The van der Waals surface area contributed by atoms with Crippen LogP contribution in [0.4, 0.5) is 5.69 Å². The van der Waals surface area contributed by atoms with Crippen LogP contribution in [-0.2, 0) is 17.8 Å². The molecule has 0 spiro atoms. The van der Waals surface area contributed by atoms with Crippen molar-refractivity contribution in [3.05, 3.63) is 66.5 Å². The standard InChI is InChI=1S/C23H24N4O4S/c1-4-11-27-21(12-16-5-8-18(29-3)9-6-16)25-26-23(27)32-15(2)22(28)24-17-7-10-19-20(13-17)31-14-30-19/h4-10,13,15H,1,11-12,14H2,2-3H3,(H,24,28)/t15-/m1/s1. The topological polar surface area (TPSA) is 87.5 Å². The molecule has 3 aromatic rings. The Hall–Kier alpha value is -3.46. The quantitative estimate of drug-likeness (QED) is 0.389. The zero-order chi connectivity index (χ0) is 22.5. The van der Waals surface area contributed by atoms with Crippen molar-refractivity contribution in [3.8, 4) is 17.2 Å². The Morgan fingerprint density at radius 2 is 2.03 bits per heavy atom. The maximum absolute atomic E-state index is 12.8. The molecule has 0 aliphatic carbocycles. The Morgan fingerprint density at radius 1 is 1.25 bits per heavy atom. The highest BCUT2D eigenvalue weighted by molar-refractivity contribution is 8.00. The number of benzene rings is 2. The minimum Gasteiger partial charge on any atom is -0.497 e. The molecule has 0 bridgehead atoms. The van der Waals surface area contributed by atoms with Gasteiger partial charge in [0.2, 0.25) is 12.7 Å². The number of fused-ring (bicyclic) bond motifs is 1. The van der Waals surface area contributed by atoms with Gasteiger partial charge in [-0.15, -0.1) is 16.8 Å². The summed E-state index contributed by atoms with van der Waals surface area (Å²) in [6.07, 6.45) is 2.41. The van der Waals surface area contributed by atoms with Crippen LogP contribution in [0.2, 0.25) is 0 Å².